The topological polar surface area (TPSA) is 52.7 Å². The molecule has 0 atom stereocenters. The summed E-state index contributed by atoms with van der Waals surface area (Å²) >= 11 is 0. The first kappa shape index (κ1) is 22.3. The average Bonchev–Trinajstić information content (AvgIpc) is 2.69. The van der Waals surface area contributed by atoms with Gasteiger partial charge in [-0.2, -0.15) is 0 Å². The monoisotopic (exact) mass is 429 g/mol. The number of nitrogens with zero attached hydrogens (tertiary/aromatic N) is 2. The van der Waals surface area contributed by atoms with E-state index in [1.165, 1.54) is 38.3 Å². The third-order valence-corrected chi connectivity index (χ3v) is 7.63. The van der Waals surface area contributed by atoms with Gasteiger partial charge in [0.25, 0.3) is 0 Å². The van der Waals surface area contributed by atoms with E-state index < -0.39 is 0 Å². The third-order valence-electron chi connectivity index (χ3n) is 7.63. The first-order valence-electron chi connectivity index (χ1n) is 11.8. The van der Waals surface area contributed by atoms with Crippen molar-refractivity contribution in [2.45, 2.75) is 64.0 Å². The standard InChI is InChI=1S/C25H36FN3O2/c1-18(30)27-8-3-9-28(2)17-24(31)29(16-19-4-6-23(26)7-5-19)25-13-20-10-21(14-25)12-22(11-20)15-25/h4-7,20-22H,3,8-17H2,1-2H3,(H,27,30). The largest absolute Gasteiger partial charge is 0.356 e. The molecular weight excluding hydrogens is 393 g/mol. The molecule has 1 N–H and O–H groups in total. The predicted octanol–water partition coefficient (Wildman–Crippen LogP) is 3.58. The zero-order valence-electron chi connectivity index (χ0n) is 18.9. The lowest BCUT2D eigenvalue weighted by molar-refractivity contribution is -0.153. The highest BCUT2D eigenvalue weighted by Crippen LogP contribution is 2.58. The summed E-state index contributed by atoms with van der Waals surface area (Å²) in [5, 5.41) is 2.81. The van der Waals surface area contributed by atoms with E-state index in [1.807, 2.05) is 19.2 Å². The van der Waals surface area contributed by atoms with E-state index in [2.05, 4.69) is 15.1 Å². The SMILES string of the molecule is CC(=O)NCCCN(C)CC(=O)N(Cc1ccc(F)cc1)C12CC3CC(CC(C3)C1)C2. The van der Waals surface area contributed by atoms with Crippen molar-refractivity contribution >= 4 is 11.8 Å². The molecule has 170 valence electrons. The summed E-state index contributed by atoms with van der Waals surface area (Å²) in [5.74, 6) is 2.18. The van der Waals surface area contributed by atoms with E-state index in [9.17, 15) is 14.0 Å². The van der Waals surface area contributed by atoms with Crippen LogP contribution >= 0.6 is 0 Å². The van der Waals surface area contributed by atoms with Crippen LogP contribution in [-0.4, -0.2) is 53.8 Å². The predicted molar refractivity (Wildman–Crippen MR) is 119 cm³/mol. The summed E-state index contributed by atoms with van der Waals surface area (Å²) in [6, 6.07) is 6.61. The molecule has 0 spiro atoms. The molecule has 4 saturated carbocycles. The quantitative estimate of drug-likeness (QED) is 0.611. The second kappa shape index (κ2) is 9.27. The zero-order valence-corrected chi connectivity index (χ0v) is 18.9. The van der Waals surface area contributed by atoms with Crippen molar-refractivity contribution in [3.8, 4) is 0 Å². The van der Waals surface area contributed by atoms with Gasteiger partial charge in [0.1, 0.15) is 5.82 Å². The highest BCUT2D eigenvalue weighted by Gasteiger charge is 2.54. The Kier molecular flexibility index (Phi) is 6.65. The van der Waals surface area contributed by atoms with Gasteiger partial charge in [0.05, 0.1) is 6.54 Å². The van der Waals surface area contributed by atoms with Gasteiger partial charge in [-0.05, 0) is 87.4 Å². The molecule has 5 nitrogen and oxygen atoms in total. The summed E-state index contributed by atoms with van der Waals surface area (Å²) in [4.78, 5) is 28.9. The number of rotatable bonds is 9. The van der Waals surface area contributed by atoms with E-state index in [1.54, 1.807) is 0 Å². The van der Waals surface area contributed by atoms with Crippen LogP contribution in [0.1, 0.15) is 57.4 Å². The minimum Gasteiger partial charge on any atom is -0.356 e. The van der Waals surface area contributed by atoms with Crippen molar-refractivity contribution < 1.29 is 14.0 Å². The Morgan fingerprint density at radius 3 is 2.19 bits per heavy atom. The van der Waals surface area contributed by atoms with Crippen molar-refractivity contribution in [2.24, 2.45) is 17.8 Å². The Hall–Kier alpha value is -1.95. The molecule has 1 aromatic rings. The van der Waals surface area contributed by atoms with Crippen LogP contribution in [0.4, 0.5) is 4.39 Å². The van der Waals surface area contributed by atoms with Crippen molar-refractivity contribution in [1.29, 1.82) is 0 Å². The first-order chi connectivity index (χ1) is 14.8. The van der Waals surface area contributed by atoms with Crippen LogP contribution in [-0.2, 0) is 16.1 Å². The van der Waals surface area contributed by atoms with E-state index in [0.29, 0.717) is 19.6 Å². The van der Waals surface area contributed by atoms with Crippen LogP contribution in [0.15, 0.2) is 24.3 Å². The molecular formula is C25H36FN3O2. The number of hydrogen-bond donors (Lipinski definition) is 1. The second-order valence-corrected chi connectivity index (χ2v) is 10.3. The van der Waals surface area contributed by atoms with Crippen LogP contribution in [0.3, 0.4) is 0 Å². The zero-order chi connectivity index (χ0) is 22.0. The van der Waals surface area contributed by atoms with Crippen molar-refractivity contribution in [1.82, 2.24) is 15.1 Å². The van der Waals surface area contributed by atoms with Crippen molar-refractivity contribution in [3.63, 3.8) is 0 Å². The van der Waals surface area contributed by atoms with Gasteiger partial charge >= 0.3 is 0 Å². The van der Waals surface area contributed by atoms with E-state index in [-0.39, 0.29) is 23.2 Å². The normalized spacial score (nSPS) is 28.7. The van der Waals surface area contributed by atoms with Crippen molar-refractivity contribution in [2.75, 3.05) is 26.7 Å². The minimum absolute atomic E-state index is 0.0222. The molecule has 4 aliphatic carbocycles. The lowest BCUT2D eigenvalue weighted by Crippen LogP contribution is -2.62. The minimum atomic E-state index is -0.240. The molecule has 0 heterocycles. The van der Waals surface area contributed by atoms with Crippen molar-refractivity contribution in [3.05, 3.63) is 35.6 Å². The van der Waals surface area contributed by atoms with E-state index in [0.717, 1.165) is 55.5 Å². The number of halogens is 1. The van der Waals surface area contributed by atoms with E-state index >= 15 is 0 Å². The number of nitrogens with one attached hydrogen (secondary N) is 1. The summed E-state index contributed by atoms with van der Waals surface area (Å²) in [6.45, 7) is 3.85. The maximum atomic E-state index is 13.6. The number of amides is 2. The highest BCUT2D eigenvalue weighted by atomic mass is 19.1. The maximum absolute atomic E-state index is 13.6. The van der Waals surface area contributed by atoms with Gasteiger partial charge < -0.3 is 10.2 Å². The van der Waals surface area contributed by atoms with Gasteiger partial charge in [-0.1, -0.05) is 12.1 Å². The number of carbonyl (C=O) groups excluding carboxylic acids is 2. The fraction of sp³-hybridized carbons (Fsp3) is 0.680. The average molecular weight is 430 g/mol. The summed E-state index contributed by atoms with van der Waals surface area (Å²) in [7, 11) is 1.97. The van der Waals surface area contributed by atoms with Gasteiger partial charge in [-0.25, -0.2) is 4.39 Å². The molecule has 2 amide bonds. The third kappa shape index (κ3) is 5.28. The Morgan fingerprint density at radius 2 is 1.65 bits per heavy atom. The highest BCUT2D eigenvalue weighted by molar-refractivity contribution is 5.79. The Labute approximate surface area is 185 Å². The van der Waals surface area contributed by atoms with Gasteiger partial charge in [0, 0.05) is 32.1 Å². The molecule has 6 heteroatoms. The Balaban J connectivity index is 1.46. The van der Waals surface area contributed by atoms with Crippen LogP contribution < -0.4 is 5.32 Å². The number of carbonyl (C=O) groups is 2. The van der Waals surface area contributed by atoms with Gasteiger partial charge in [-0.3, -0.25) is 14.5 Å². The number of likely N-dealkylation sites (N-methyl/N-ethyl adjacent to an activating group) is 1. The van der Waals surface area contributed by atoms with Crippen LogP contribution in [0, 0.1) is 23.6 Å². The van der Waals surface area contributed by atoms with Crippen LogP contribution in [0.5, 0.6) is 0 Å². The Morgan fingerprint density at radius 1 is 1.06 bits per heavy atom. The molecule has 4 aliphatic rings. The van der Waals surface area contributed by atoms with Gasteiger partial charge in [0.2, 0.25) is 11.8 Å². The fourth-order valence-electron chi connectivity index (χ4n) is 6.70. The molecule has 4 bridgehead atoms. The molecule has 0 radical (unpaired) electrons. The molecule has 5 rings (SSSR count). The number of benzene rings is 1. The van der Waals surface area contributed by atoms with E-state index in [4.69, 9.17) is 0 Å². The van der Waals surface area contributed by atoms with Gasteiger partial charge in [-0.15, -0.1) is 0 Å². The lowest BCUT2D eigenvalue weighted by atomic mass is 9.52. The van der Waals surface area contributed by atoms with Gasteiger partial charge in [0.15, 0.2) is 0 Å². The smallest absolute Gasteiger partial charge is 0.237 e. The molecule has 0 aromatic heterocycles. The maximum Gasteiger partial charge on any atom is 0.237 e. The first-order valence-corrected chi connectivity index (χ1v) is 11.8. The molecule has 0 aliphatic heterocycles. The lowest BCUT2D eigenvalue weighted by Gasteiger charge is -2.60. The second-order valence-electron chi connectivity index (χ2n) is 10.3. The molecule has 0 unspecified atom stereocenters. The molecule has 4 fully saturated rings. The summed E-state index contributed by atoms with van der Waals surface area (Å²) in [6.07, 6.45) is 8.19. The molecule has 0 saturated heterocycles. The summed E-state index contributed by atoms with van der Waals surface area (Å²) < 4.78 is 13.5. The molecule has 1 aromatic carbocycles. The fourth-order valence-corrected chi connectivity index (χ4v) is 6.70. The Bertz CT molecular complexity index is 759. The van der Waals surface area contributed by atoms with Crippen LogP contribution in [0.2, 0.25) is 0 Å². The number of hydrogen-bond acceptors (Lipinski definition) is 3. The molecule has 31 heavy (non-hydrogen) atoms. The summed E-state index contributed by atoms with van der Waals surface area (Å²) in [5.41, 5.74) is 0.968. The van der Waals surface area contributed by atoms with Crippen LogP contribution in [0.25, 0.3) is 0 Å².